The molecular formula is C19H20ClN3O4S. The van der Waals surface area contributed by atoms with E-state index in [0.29, 0.717) is 35.1 Å². The Kier molecular flexibility index (Phi) is 7.31. The van der Waals surface area contributed by atoms with Crippen molar-refractivity contribution in [1.29, 1.82) is 0 Å². The molecule has 0 radical (unpaired) electrons. The van der Waals surface area contributed by atoms with Crippen molar-refractivity contribution in [3.63, 3.8) is 0 Å². The summed E-state index contributed by atoms with van der Waals surface area (Å²) in [6.07, 6.45) is 0. The average Bonchev–Trinajstić information content (AvgIpc) is 2.62. The Bertz CT molecular complexity index is 901. The maximum absolute atomic E-state index is 12.3. The Morgan fingerprint density at radius 3 is 2.50 bits per heavy atom. The molecule has 0 bridgehead atoms. The van der Waals surface area contributed by atoms with Crippen LogP contribution in [0.4, 0.5) is 11.4 Å². The molecule has 0 aliphatic carbocycles. The van der Waals surface area contributed by atoms with Gasteiger partial charge in [0.15, 0.2) is 5.11 Å². The molecule has 2 aromatic carbocycles. The second kappa shape index (κ2) is 9.48. The van der Waals surface area contributed by atoms with E-state index < -0.39 is 10.8 Å². The molecule has 0 unspecified atom stereocenters. The lowest BCUT2D eigenvalue weighted by Gasteiger charge is -2.13. The molecule has 28 heavy (non-hydrogen) atoms. The number of nitrogens with zero attached hydrogens (tertiary/aromatic N) is 1. The second-order valence-corrected chi connectivity index (χ2v) is 7.33. The number of thiocarbonyl (C=S) groups is 1. The highest BCUT2D eigenvalue weighted by atomic mass is 35.5. The topological polar surface area (TPSA) is 93.5 Å². The zero-order valence-electron chi connectivity index (χ0n) is 15.6. The van der Waals surface area contributed by atoms with Gasteiger partial charge in [-0.3, -0.25) is 20.2 Å². The molecule has 0 spiro atoms. The lowest BCUT2D eigenvalue weighted by atomic mass is 10.2. The van der Waals surface area contributed by atoms with Gasteiger partial charge >= 0.3 is 0 Å². The third-order valence-electron chi connectivity index (χ3n) is 3.67. The average molecular weight is 422 g/mol. The molecule has 2 aromatic rings. The van der Waals surface area contributed by atoms with Crippen molar-refractivity contribution >= 4 is 46.2 Å². The molecule has 0 fully saturated rings. The molecule has 0 aliphatic rings. The van der Waals surface area contributed by atoms with Crippen molar-refractivity contribution in [2.75, 3.05) is 11.9 Å². The lowest BCUT2D eigenvalue weighted by molar-refractivity contribution is -0.384. The van der Waals surface area contributed by atoms with Crippen LogP contribution in [0.3, 0.4) is 0 Å². The maximum Gasteiger partial charge on any atom is 0.288 e. The molecule has 0 atom stereocenters. The van der Waals surface area contributed by atoms with Crippen molar-refractivity contribution < 1.29 is 14.5 Å². The Morgan fingerprint density at radius 1 is 1.29 bits per heavy atom. The van der Waals surface area contributed by atoms with Crippen molar-refractivity contribution in [3.8, 4) is 5.75 Å². The van der Waals surface area contributed by atoms with E-state index in [0.717, 1.165) is 0 Å². The minimum absolute atomic E-state index is 0.0239. The Labute approximate surface area is 173 Å². The molecule has 7 nitrogen and oxygen atoms in total. The number of amides is 1. The Hall–Kier alpha value is -2.71. The predicted molar refractivity (Wildman–Crippen MR) is 113 cm³/mol. The summed E-state index contributed by atoms with van der Waals surface area (Å²) in [7, 11) is 0. The van der Waals surface area contributed by atoms with Gasteiger partial charge in [-0.25, -0.2) is 0 Å². The molecule has 9 heteroatoms. The first-order valence-electron chi connectivity index (χ1n) is 8.47. The maximum atomic E-state index is 12.3. The third kappa shape index (κ3) is 5.90. The summed E-state index contributed by atoms with van der Waals surface area (Å²) >= 11 is 11.1. The molecule has 0 saturated carbocycles. The van der Waals surface area contributed by atoms with Crippen LogP contribution in [0.15, 0.2) is 36.4 Å². The van der Waals surface area contributed by atoms with Gasteiger partial charge < -0.3 is 10.1 Å². The van der Waals surface area contributed by atoms with Gasteiger partial charge in [-0.2, -0.15) is 0 Å². The highest BCUT2D eigenvalue weighted by Crippen LogP contribution is 2.30. The van der Waals surface area contributed by atoms with Gasteiger partial charge in [0.1, 0.15) is 10.8 Å². The smallest absolute Gasteiger partial charge is 0.288 e. The summed E-state index contributed by atoms with van der Waals surface area (Å²) in [5.41, 5.74) is 1.26. The zero-order chi connectivity index (χ0) is 20.8. The summed E-state index contributed by atoms with van der Waals surface area (Å²) in [6.45, 7) is 6.37. The number of halogens is 1. The molecule has 0 aliphatic heterocycles. The van der Waals surface area contributed by atoms with Gasteiger partial charge in [0.2, 0.25) is 0 Å². The standard InChI is InChI=1S/C19H20ClN3O4S/c1-11(2)10-27-14-6-4-13(5-7-14)18(24)22-19(28)21-16-9-15(20)17(23(25)26)8-12(16)3/h4-9,11H,10H2,1-3H3,(H2,21,22,24,28). The third-order valence-corrected chi connectivity index (χ3v) is 4.17. The van der Waals surface area contributed by atoms with Gasteiger partial charge in [0.25, 0.3) is 11.6 Å². The largest absolute Gasteiger partial charge is 0.493 e. The molecule has 2 N–H and O–H groups in total. The first-order valence-corrected chi connectivity index (χ1v) is 9.25. The number of nitrogens with one attached hydrogen (secondary N) is 2. The number of nitro benzene ring substituents is 1. The quantitative estimate of drug-likeness (QED) is 0.398. The fourth-order valence-corrected chi connectivity index (χ4v) is 2.67. The van der Waals surface area contributed by atoms with Crippen molar-refractivity contribution in [1.82, 2.24) is 5.32 Å². The number of carbonyl (C=O) groups is 1. The summed E-state index contributed by atoms with van der Waals surface area (Å²) in [5, 5.41) is 16.3. The number of hydrogen-bond donors (Lipinski definition) is 2. The van der Waals surface area contributed by atoms with Crippen LogP contribution in [0, 0.1) is 23.0 Å². The van der Waals surface area contributed by atoms with Gasteiger partial charge in [0.05, 0.1) is 11.5 Å². The normalized spacial score (nSPS) is 10.5. The number of ether oxygens (including phenoxy) is 1. The zero-order valence-corrected chi connectivity index (χ0v) is 17.2. The number of anilines is 1. The number of benzene rings is 2. The van der Waals surface area contributed by atoms with E-state index in [1.807, 2.05) is 0 Å². The summed E-state index contributed by atoms with van der Waals surface area (Å²) in [5.74, 6) is 0.698. The summed E-state index contributed by atoms with van der Waals surface area (Å²) in [6, 6.07) is 9.45. The SMILES string of the molecule is Cc1cc([N+](=O)[O-])c(Cl)cc1NC(=S)NC(=O)c1ccc(OCC(C)C)cc1. The molecule has 0 saturated heterocycles. The minimum Gasteiger partial charge on any atom is -0.493 e. The van der Waals surface area contributed by atoms with Crippen LogP contribution in [0.25, 0.3) is 0 Å². The van der Waals surface area contributed by atoms with E-state index in [-0.39, 0.29) is 15.8 Å². The van der Waals surface area contributed by atoms with E-state index in [1.165, 1.54) is 12.1 Å². The van der Waals surface area contributed by atoms with Crippen LogP contribution in [-0.2, 0) is 0 Å². The number of hydrogen-bond acceptors (Lipinski definition) is 5. The van der Waals surface area contributed by atoms with Crippen LogP contribution in [0.1, 0.15) is 29.8 Å². The molecular weight excluding hydrogens is 402 g/mol. The number of rotatable bonds is 6. The van der Waals surface area contributed by atoms with E-state index >= 15 is 0 Å². The molecule has 0 aromatic heterocycles. The second-order valence-electron chi connectivity index (χ2n) is 6.51. The van der Waals surface area contributed by atoms with E-state index in [9.17, 15) is 14.9 Å². The Balaban J connectivity index is 2.00. The van der Waals surface area contributed by atoms with Crippen LogP contribution < -0.4 is 15.4 Å². The lowest BCUT2D eigenvalue weighted by Crippen LogP contribution is -2.34. The van der Waals surface area contributed by atoms with E-state index in [4.69, 9.17) is 28.6 Å². The Morgan fingerprint density at radius 2 is 1.93 bits per heavy atom. The van der Waals surface area contributed by atoms with Crippen molar-refractivity contribution in [2.45, 2.75) is 20.8 Å². The molecule has 1 amide bonds. The van der Waals surface area contributed by atoms with E-state index in [2.05, 4.69) is 24.5 Å². The van der Waals surface area contributed by atoms with E-state index in [1.54, 1.807) is 31.2 Å². The molecule has 0 heterocycles. The highest BCUT2D eigenvalue weighted by molar-refractivity contribution is 7.80. The molecule has 148 valence electrons. The number of aryl methyl sites for hydroxylation is 1. The highest BCUT2D eigenvalue weighted by Gasteiger charge is 2.16. The predicted octanol–water partition coefficient (Wildman–Crippen LogP) is 4.72. The number of nitro groups is 1. The molecule has 2 rings (SSSR count). The summed E-state index contributed by atoms with van der Waals surface area (Å²) in [4.78, 5) is 22.7. The van der Waals surface area contributed by atoms with Gasteiger partial charge in [0, 0.05) is 17.3 Å². The van der Waals surface area contributed by atoms with Crippen LogP contribution in [-0.4, -0.2) is 22.5 Å². The first kappa shape index (κ1) is 21.6. The van der Waals surface area contributed by atoms with Crippen LogP contribution in [0.2, 0.25) is 5.02 Å². The van der Waals surface area contributed by atoms with Crippen molar-refractivity contribution in [2.24, 2.45) is 5.92 Å². The van der Waals surface area contributed by atoms with Crippen LogP contribution in [0.5, 0.6) is 5.75 Å². The fourth-order valence-electron chi connectivity index (χ4n) is 2.24. The number of carbonyl (C=O) groups excluding carboxylic acids is 1. The first-order chi connectivity index (χ1) is 13.2. The monoisotopic (exact) mass is 421 g/mol. The van der Waals surface area contributed by atoms with Gasteiger partial charge in [-0.05, 0) is 61.0 Å². The van der Waals surface area contributed by atoms with Gasteiger partial charge in [-0.1, -0.05) is 25.4 Å². The summed E-state index contributed by atoms with van der Waals surface area (Å²) < 4.78 is 5.58. The minimum atomic E-state index is -0.562. The fraction of sp³-hybridized carbons (Fsp3) is 0.263. The van der Waals surface area contributed by atoms with Gasteiger partial charge in [-0.15, -0.1) is 0 Å². The van der Waals surface area contributed by atoms with Crippen molar-refractivity contribution in [3.05, 3.63) is 62.7 Å². The van der Waals surface area contributed by atoms with Crippen LogP contribution >= 0.6 is 23.8 Å².